The highest BCUT2D eigenvalue weighted by Crippen LogP contribution is 2.20. The summed E-state index contributed by atoms with van der Waals surface area (Å²) in [5.41, 5.74) is 5.47. The summed E-state index contributed by atoms with van der Waals surface area (Å²) in [5.74, 6) is 0. The van der Waals surface area contributed by atoms with E-state index in [1.165, 1.54) is 12.8 Å². The number of unbranched alkanes of at least 4 members (excludes halogenated alkanes) is 3. The fourth-order valence-electron chi connectivity index (χ4n) is 1.84. The third kappa shape index (κ3) is 9.30. The molecule has 0 aliphatic heterocycles. The molecule has 0 bridgehead atoms. The molecule has 0 saturated heterocycles. The second-order valence-electron chi connectivity index (χ2n) is 3.93. The average molecular weight is 300 g/mol. The molecule has 0 aromatic carbocycles. The summed E-state index contributed by atoms with van der Waals surface area (Å²) in [6.45, 7) is 8.75. The topological polar surface area (TPSA) is 53.7 Å². The van der Waals surface area contributed by atoms with Crippen LogP contribution in [0.25, 0.3) is 0 Å². The minimum atomic E-state index is -2.39. The zero-order chi connectivity index (χ0) is 13.0. The predicted octanol–water partition coefficient (Wildman–Crippen LogP) is 2.98. The van der Waals surface area contributed by atoms with Crippen molar-refractivity contribution >= 4 is 21.2 Å². The van der Waals surface area contributed by atoms with Gasteiger partial charge in [-0.25, -0.2) is 0 Å². The van der Waals surface area contributed by atoms with Crippen molar-refractivity contribution in [3.8, 4) is 0 Å². The smallest absolute Gasteiger partial charge is 0.374 e. The monoisotopic (exact) mass is 299 g/mol. The normalized spacial score (nSPS) is 11.3. The predicted molar refractivity (Wildman–Crippen MR) is 80.2 cm³/mol. The molecule has 0 aliphatic rings. The molecule has 0 fully saturated rings. The highest BCUT2D eigenvalue weighted by atomic mass is 35.5. The van der Waals surface area contributed by atoms with Gasteiger partial charge in [0.25, 0.3) is 0 Å². The molecule has 0 aliphatic carbocycles. The van der Waals surface area contributed by atoms with Crippen LogP contribution in [0.1, 0.15) is 46.5 Å². The highest BCUT2D eigenvalue weighted by Gasteiger charge is 2.39. The van der Waals surface area contributed by atoms with Crippen molar-refractivity contribution in [3.63, 3.8) is 0 Å². The van der Waals surface area contributed by atoms with Gasteiger partial charge >= 0.3 is 8.80 Å². The Morgan fingerprint density at radius 1 is 0.778 bits per heavy atom. The Morgan fingerprint density at radius 2 is 1.22 bits per heavy atom. The molecular weight excluding hydrogens is 270 g/mol. The van der Waals surface area contributed by atoms with Crippen molar-refractivity contribution in [2.45, 2.75) is 52.5 Å². The minimum Gasteiger partial charge on any atom is -0.374 e. The molecule has 18 heavy (non-hydrogen) atoms. The Balaban J connectivity index is 0. The maximum absolute atomic E-state index is 5.79. The van der Waals surface area contributed by atoms with E-state index in [0.29, 0.717) is 19.8 Å². The van der Waals surface area contributed by atoms with Gasteiger partial charge in [0.1, 0.15) is 0 Å². The Kier molecular flexibility index (Phi) is 15.8. The van der Waals surface area contributed by atoms with Crippen LogP contribution in [0, 0.1) is 0 Å². The van der Waals surface area contributed by atoms with E-state index in [-0.39, 0.29) is 12.4 Å². The van der Waals surface area contributed by atoms with Crippen LogP contribution >= 0.6 is 12.4 Å². The van der Waals surface area contributed by atoms with Gasteiger partial charge in [0.2, 0.25) is 0 Å². The van der Waals surface area contributed by atoms with Crippen molar-refractivity contribution in [1.82, 2.24) is 0 Å². The molecule has 2 N–H and O–H groups in total. The van der Waals surface area contributed by atoms with E-state index in [1.807, 2.05) is 20.8 Å². The Labute approximate surface area is 119 Å². The first-order valence-corrected chi connectivity index (χ1v) is 8.79. The minimum absolute atomic E-state index is 0. The Bertz CT molecular complexity index is 158. The maximum atomic E-state index is 5.79. The molecule has 112 valence electrons. The molecule has 0 aromatic heterocycles. The Morgan fingerprint density at radius 3 is 1.61 bits per heavy atom. The summed E-state index contributed by atoms with van der Waals surface area (Å²) in [6, 6.07) is 0.924. The van der Waals surface area contributed by atoms with Gasteiger partial charge in [-0.2, -0.15) is 0 Å². The fourth-order valence-corrected chi connectivity index (χ4v) is 4.53. The summed E-state index contributed by atoms with van der Waals surface area (Å²) >= 11 is 0. The lowest BCUT2D eigenvalue weighted by atomic mass is 10.2. The Hall–Kier alpha value is 0.347. The highest BCUT2D eigenvalue weighted by molar-refractivity contribution is 6.60. The number of nitrogens with two attached hydrogens (primary N) is 1. The van der Waals surface area contributed by atoms with Gasteiger partial charge in [0.15, 0.2) is 0 Å². The van der Waals surface area contributed by atoms with E-state index in [0.717, 1.165) is 25.4 Å². The lowest BCUT2D eigenvalue weighted by Crippen LogP contribution is -2.45. The molecule has 0 rings (SSSR count). The molecule has 4 nitrogen and oxygen atoms in total. The largest absolute Gasteiger partial charge is 0.500 e. The van der Waals surface area contributed by atoms with Crippen molar-refractivity contribution in [2.75, 3.05) is 26.4 Å². The second kappa shape index (κ2) is 13.8. The van der Waals surface area contributed by atoms with Gasteiger partial charge in [-0.1, -0.05) is 12.8 Å². The third-order valence-corrected chi connectivity index (χ3v) is 5.68. The summed E-state index contributed by atoms with van der Waals surface area (Å²) in [5, 5.41) is 0. The summed E-state index contributed by atoms with van der Waals surface area (Å²) < 4.78 is 17.4. The van der Waals surface area contributed by atoms with Crippen molar-refractivity contribution in [1.29, 1.82) is 0 Å². The van der Waals surface area contributed by atoms with Crippen LogP contribution in [0.5, 0.6) is 0 Å². The van der Waals surface area contributed by atoms with E-state index in [2.05, 4.69) is 0 Å². The van der Waals surface area contributed by atoms with Gasteiger partial charge in [0.05, 0.1) is 0 Å². The standard InChI is InChI=1S/C12H29NO3Si.ClH/c1-4-14-17(15-5-2,16-6-3)12-10-8-7-9-11-13;/h4-13H2,1-3H3;1H. The number of hydrogen-bond acceptors (Lipinski definition) is 4. The van der Waals surface area contributed by atoms with Crippen LogP contribution in [0.4, 0.5) is 0 Å². The molecule has 6 heteroatoms. The number of rotatable bonds is 12. The average Bonchev–Trinajstić information content (AvgIpc) is 2.30. The van der Waals surface area contributed by atoms with Crippen LogP contribution in [0.3, 0.4) is 0 Å². The quantitative estimate of drug-likeness (QED) is 0.445. The number of halogens is 1. The first-order valence-electron chi connectivity index (χ1n) is 6.86. The molecule has 0 amide bonds. The van der Waals surface area contributed by atoms with Crippen LogP contribution in [-0.4, -0.2) is 35.2 Å². The zero-order valence-electron chi connectivity index (χ0n) is 12.1. The molecular formula is C12H30ClNO3Si. The van der Waals surface area contributed by atoms with Crippen LogP contribution in [0.2, 0.25) is 6.04 Å². The lowest BCUT2D eigenvalue weighted by Gasteiger charge is -2.28. The fraction of sp³-hybridized carbons (Fsp3) is 1.00. The molecule has 0 spiro atoms. The third-order valence-electron chi connectivity index (χ3n) is 2.53. The number of hydrogen-bond donors (Lipinski definition) is 1. The van der Waals surface area contributed by atoms with Gasteiger partial charge in [-0.05, 0) is 40.2 Å². The molecule has 0 radical (unpaired) electrons. The van der Waals surface area contributed by atoms with Gasteiger partial charge in [-0.15, -0.1) is 12.4 Å². The molecule has 0 atom stereocenters. The maximum Gasteiger partial charge on any atom is 0.500 e. The molecule has 0 heterocycles. The van der Waals surface area contributed by atoms with Gasteiger partial charge < -0.3 is 19.0 Å². The zero-order valence-corrected chi connectivity index (χ0v) is 13.9. The van der Waals surface area contributed by atoms with Crippen LogP contribution in [0.15, 0.2) is 0 Å². The van der Waals surface area contributed by atoms with Crippen molar-refractivity contribution < 1.29 is 13.3 Å². The lowest BCUT2D eigenvalue weighted by molar-refractivity contribution is 0.0706. The first-order chi connectivity index (χ1) is 8.24. The summed E-state index contributed by atoms with van der Waals surface area (Å²) in [7, 11) is -2.39. The van der Waals surface area contributed by atoms with Crippen LogP contribution in [-0.2, 0) is 13.3 Å². The summed E-state index contributed by atoms with van der Waals surface area (Å²) in [6.07, 6.45) is 4.57. The summed E-state index contributed by atoms with van der Waals surface area (Å²) in [4.78, 5) is 0. The molecule has 0 unspecified atom stereocenters. The SMILES string of the molecule is CCO[Si](CCCCCCN)(OCC)OCC.Cl. The first kappa shape index (κ1) is 20.7. The van der Waals surface area contributed by atoms with Gasteiger partial charge in [-0.3, -0.25) is 0 Å². The molecule has 0 aromatic rings. The van der Waals surface area contributed by atoms with Crippen molar-refractivity contribution in [3.05, 3.63) is 0 Å². The van der Waals surface area contributed by atoms with Crippen LogP contribution < -0.4 is 5.73 Å². The van der Waals surface area contributed by atoms with E-state index in [9.17, 15) is 0 Å². The molecule has 0 saturated carbocycles. The van der Waals surface area contributed by atoms with E-state index < -0.39 is 8.80 Å². The van der Waals surface area contributed by atoms with Gasteiger partial charge in [0, 0.05) is 25.9 Å². The second-order valence-corrected chi connectivity index (χ2v) is 6.67. The van der Waals surface area contributed by atoms with E-state index in [4.69, 9.17) is 19.0 Å². The van der Waals surface area contributed by atoms with E-state index >= 15 is 0 Å². The van der Waals surface area contributed by atoms with E-state index in [1.54, 1.807) is 0 Å². The van der Waals surface area contributed by atoms with Crippen molar-refractivity contribution in [2.24, 2.45) is 5.73 Å².